The Hall–Kier alpha value is -2.36. The second-order valence-electron chi connectivity index (χ2n) is 9.44. The zero-order valence-electron chi connectivity index (χ0n) is 20.0. The maximum atomic E-state index is 12.7. The average Bonchev–Trinajstić information content (AvgIpc) is 2.81. The van der Waals surface area contributed by atoms with Gasteiger partial charge in [-0.05, 0) is 69.7 Å². The van der Waals surface area contributed by atoms with Crippen LogP contribution in [0.5, 0.6) is 5.75 Å². The van der Waals surface area contributed by atoms with Crippen LogP contribution in [0.25, 0.3) is 0 Å². The van der Waals surface area contributed by atoms with Crippen LogP contribution < -0.4 is 15.4 Å². The van der Waals surface area contributed by atoms with Crippen molar-refractivity contribution in [2.45, 2.75) is 51.2 Å². The number of hydrogen-bond donors (Lipinski definition) is 4. The van der Waals surface area contributed by atoms with Gasteiger partial charge < -0.3 is 25.6 Å². The van der Waals surface area contributed by atoms with E-state index in [-0.39, 0.29) is 22.8 Å². The van der Waals surface area contributed by atoms with E-state index in [0.29, 0.717) is 42.1 Å². The Morgan fingerprint density at radius 3 is 2.51 bits per heavy atom. The highest BCUT2D eigenvalue weighted by Crippen LogP contribution is 2.38. The van der Waals surface area contributed by atoms with Crippen molar-refractivity contribution < 1.29 is 24.5 Å². The summed E-state index contributed by atoms with van der Waals surface area (Å²) < 4.78 is 6.31. The molecular formula is C25H31BrClN3O5. The highest BCUT2D eigenvalue weighted by molar-refractivity contribution is 9.10. The number of benzene rings is 1. The van der Waals surface area contributed by atoms with Crippen molar-refractivity contribution >= 4 is 45.2 Å². The molecule has 2 aromatic rings. The molecule has 3 rings (SSSR count). The van der Waals surface area contributed by atoms with Crippen LogP contribution in [0.4, 0.5) is 5.82 Å². The summed E-state index contributed by atoms with van der Waals surface area (Å²) in [6, 6.07) is 6.43. The van der Waals surface area contributed by atoms with Gasteiger partial charge in [0.25, 0.3) is 5.91 Å². The van der Waals surface area contributed by atoms with E-state index < -0.39 is 17.6 Å². The predicted octanol–water partition coefficient (Wildman–Crippen LogP) is 5.05. The molecule has 0 saturated heterocycles. The van der Waals surface area contributed by atoms with Gasteiger partial charge in [0.2, 0.25) is 0 Å². The van der Waals surface area contributed by atoms with Crippen LogP contribution in [0.1, 0.15) is 61.5 Å². The van der Waals surface area contributed by atoms with Crippen LogP contribution in [0.15, 0.2) is 34.9 Å². The number of amides is 1. The van der Waals surface area contributed by atoms with Crippen molar-refractivity contribution in [3.63, 3.8) is 0 Å². The van der Waals surface area contributed by atoms with Crippen LogP contribution in [0, 0.1) is 11.8 Å². The van der Waals surface area contributed by atoms with E-state index in [2.05, 4.69) is 31.5 Å². The number of methoxy groups -OCH3 is 1. The first kappa shape index (κ1) is 27.2. The number of carboxylic acid groups (broad SMARTS) is 1. The number of halogens is 2. The molecule has 4 N–H and O–H groups in total. The Labute approximate surface area is 218 Å². The lowest BCUT2D eigenvalue weighted by atomic mass is 9.82. The fraction of sp³-hybridized carbons (Fsp3) is 0.480. The van der Waals surface area contributed by atoms with Gasteiger partial charge >= 0.3 is 5.97 Å². The molecule has 35 heavy (non-hydrogen) atoms. The molecule has 1 atom stereocenters. The second kappa shape index (κ2) is 11.6. The number of anilines is 1. The number of nitrogens with zero attached hydrogens (tertiary/aromatic N) is 1. The maximum Gasteiger partial charge on any atom is 0.306 e. The molecule has 1 heterocycles. The number of nitrogens with one attached hydrogen (secondary N) is 2. The highest BCUT2D eigenvalue weighted by atomic mass is 79.9. The average molecular weight is 569 g/mol. The molecule has 1 amide bonds. The summed E-state index contributed by atoms with van der Waals surface area (Å²) >= 11 is 9.93. The van der Waals surface area contributed by atoms with Gasteiger partial charge in [-0.2, -0.15) is 0 Å². The SMILES string of the molecule is COc1ccc(Br)cc1C(Nc1ncc(C(=O)NCC2CCC(C(=O)O)CC2)cc1Cl)C(C)(C)O. The van der Waals surface area contributed by atoms with Gasteiger partial charge in [-0.25, -0.2) is 4.98 Å². The van der Waals surface area contributed by atoms with Crippen molar-refractivity contribution in [3.8, 4) is 5.75 Å². The van der Waals surface area contributed by atoms with Crippen molar-refractivity contribution in [3.05, 3.63) is 51.1 Å². The molecule has 190 valence electrons. The molecule has 0 radical (unpaired) electrons. The van der Waals surface area contributed by atoms with E-state index in [1.54, 1.807) is 27.0 Å². The normalized spacial score (nSPS) is 19.0. The molecule has 8 nitrogen and oxygen atoms in total. The van der Waals surface area contributed by atoms with Crippen LogP contribution in [-0.2, 0) is 4.79 Å². The van der Waals surface area contributed by atoms with Gasteiger partial charge in [-0.3, -0.25) is 9.59 Å². The molecule has 0 aliphatic heterocycles. The monoisotopic (exact) mass is 567 g/mol. The van der Waals surface area contributed by atoms with Crippen molar-refractivity contribution in [2.24, 2.45) is 11.8 Å². The standard InChI is InChI=1S/C25H31BrClN3O5/c1-25(2,34)21(18-11-17(26)8-9-20(18)35-3)30-22-19(27)10-16(13-28-22)23(31)29-12-14-4-6-15(7-5-14)24(32)33/h8-11,13-15,21,34H,4-7,12H2,1-3H3,(H,28,30)(H,29,31)(H,32,33). The Morgan fingerprint density at radius 2 is 1.94 bits per heavy atom. The lowest BCUT2D eigenvalue weighted by molar-refractivity contribution is -0.143. The predicted molar refractivity (Wildman–Crippen MR) is 138 cm³/mol. The summed E-state index contributed by atoms with van der Waals surface area (Å²) in [5, 5.41) is 26.3. The van der Waals surface area contributed by atoms with Crippen LogP contribution in [0.2, 0.25) is 5.02 Å². The number of ether oxygens (including phenoxy) is 1. The smallest absolute Gasteiger partial charge is 0.306 e. The van der Waals surface area contributed by atoms with Gasteiger partial charge in [0.1, 0.15) is 11.6 Å². The number of carbonyl (C=O) groups excluding carboxylic acids is 1. The summed E-state index contributed by atoms with van der Waals surface area (Å²) in [5.41, 5.74) is -0.166. The van der Waals surface area contributed by atoms with Gasteiger partial charge in [0.15, 0.2) is 0 Å². The fourth-order valence-corrected chi connectivity index (χ4v) is 4.92. The highest BCUT2D eigenvalue weighted by Gasteiger charge is 2.32. The van der Waals surface area contributed by atoms with Crippen LogP contribution in [-0.4, -0.2) is 46.3 Å². The minimum Gasteiger partial charge on any atom is -0.496 e. The molecule has 1 aromatic heterocycles. The number of hydrogen-bond acceptors (Lipinski definition) is 6. The molecular weight excluding hydrogens is 538 g/mol. The third-order valence-electron chi connectivity index (χ3n) is 6.34. The topological polar surface area (TPSA) is 121 Å². The molecule has 1 aromatic carbocycles. The zero-order chi connectivity index (χ0) is 25.8. The Morgan fingerprint density at radius 1 is 1.26 bits per heavy atom. The summed E-state index contributed by atoms with van der Waals surface area (Å²) in [6.07, 6.45) is 4.25. The van der Waals surface area contributed by atoms with E-state index in [4.69, 9.17) is 21.4 Å². The Bertz CT molecular complexity index is 1070. The molecule has 10 heteroatoms. The molecule has 0 spiro atoms. The first-order valence-corrected chi connectivity index (χ1v) is 12.7. The third-order valence-corrected chi connectivity index (χ3v) is 7.12. The number of carbonyl (C=O) groups is 2. The summed E-state index contributed by atoms with van der Waals surface area (Å²) in [4.78, 5) is 28.1. The molecule has 1 unspecified atom stereocenters. The summed E-state index contributed by atoms with van der Waals surface area (Å²) in [7, 11) is 1.56. The van der Waals surface area contributed by atoms with E-state index >= 15 is 0 Å². The molecule has 1 aliphatic carbocycles. The van der Waals surface area contributed by atoms with Crippen LogP contribution in [0.3, 0.4) is 0 Å². The maximum absolute atomic E-state index is 12.7. The second-order valence-corrected chi connectivity index (χ2v) is 10.8. The summed E-state index contributed by atoms with van der Waals surface area (Å²) in [5.74, 6) is -0.144. The van der Waals surface area contributed by atoms with E-state index in [9.17, 15) is 14.7 Å². The Kier molecular flexibility index (Phi) is 9.01. The van der Waals surface area contributed by atoms with E-state index in [1.807, 2.05) is 12.1 Å². The lowest BCUT2D eigenvalue weighted by Crippen LogP contribution is -2.35. The first-order chi connectivity index (χ1) is 16.5. The Balaban J connectivity index is 1.69. The number of aliphatic hydroxyl groups is 1. The number of pyridine rings is 1. The zero-order valence-corrected chi connectivity index (χ0v) is 22.3. The minimum absolute atomic E-state index is 0.239. The molecule has 1 saturated carbocycles. The van der Waals surface area contributed by atoms with Gasteiger partial charge in [0.05, 0.1) is 35.3 Å². The minimum atomic E-state index is -1.20. The van der Waals surface area contributed by atoms with Crippen molar-refractivity contribution in [1.82, 2.24) is 10.3 Å². The van der Waals surface area contributed by atoms with Gasteiger partial charge in [-0.1, -0.05) is 27.5 Å². The third kappa shape index (κ3) is 7.08. The first-order valence-electron chi connectivity index (χ1n) is 11.5. The number of aliphatic carboxylic acids is 1. The number of aromatic nitrogens is 1. The van der Waals surface area contributed by atoms with Crippen LogP contribution >= 0.6 is 27.5 Å². The lowest BCUT2D eigenvalue weighted by Gasteiger charge is -2.32. The van der Waals surface area contributed by atoms with E-state index in [0.717, 1.165) is 17.3 Å². The van der Waals surface area contributed by atoms with Gasteiger partial charge in [0, 0.05) is 22.8 Å². The van der Waals surface area contributed by atoms with E-state index in [1.165, 1.54) is 12.3 Å². The summed E-state index contributed by atoms with van der Waals surface area (Å²) in [6.45, 7) is 3.82. The van der Waals surface area contributed by atoms with Crippen molar-refractivity contribution in [1.29, 1.82) is 0 Å². The molecule has 1 aliphatic rings. The quantitative estimate of drug-likeness (QED) is 0.334. The van der Waals surface area contributed by atoms with Gasteiger partial charge in [-0.15, -0.1) is 0 Å². The van der Waals surface area contributed by atoms with Crippen molar-refractivity contribution in [2.75, 3.05) is 19.0 Å². The fourth-order valence-electron chi connectivity index (χ4n) is 4.32. The molecule has 0 bridgehead atoms. The number of rotatable bonds is 9. The number of carboxylic acids is 1. The largest absolute Gasteiger partial charge is 0.496 e. The molecule has 1 fully saturated rings.